The van der Waals surface area contributed by atoms with Crippen LogP contribution in [0, 0.1) is 0 Å². The second-order valence-corrected chi connectivity index (χ2v) is 10.9. The van der Waals surface area contributed by atoms with Crippen molar-refractivity contribution in [3.8, 4) is 17.2 Å². The van der Waals surface area contributed by atoms with Crippen LogP contribution in [0.5, 0.6) is 17.2 Å². The van der Waals surface area contributed by atoms with Gasteiger partial charge in [-0.1, -0.05) is 37.3 Å². The van der Waals surface area contributed by atoms with Gasteiger partial charge in [-0.15, -0.1) is 0 Å². The second-order valence-electron chi connectivity index (χ2n) is 9.05. The number of hydrogen-bond donors (Lipinski definition) is 1. The maximum atomic E-state index is 14.1. The molecule has 3 aromatic carbocycles. The third-order valence-electron chi connectivity index (χ3n) is 6.51. The lowest BCUT2D eigenvalue weighted by atomic mass is 10.1. The monoisotopic (exact) mass is 583 g/mol. The molecule has 0 bridgehead atoms. The molecular formula is C30H37N3O7S. The van der Waals surface area contributed by atoms with Crippen molar-refractivity contribution in [2.75, 3.05) is 38.7 Å². The largest absolute Gasteiger partial charge is 0.497 e. The zero-order valence-corrected chi connectivity index (χ0v) is 24.8. The molecule has 3 rings (SSSR count). The Bertz CT molecular complexity index is 1410. The molecule has 11 heteroatoms. The number of rotatable bonds is 14. The van der Waals surface area contributed by atoms with Gasteiger partial charge in [0.05, 0.1) is 31.9 Å². The van der Waals surface area contributed by atoms with Crippen LogP contribution in [0.4, 0.5) is 5.69 Å². The van der Waals surface area contributed by atoms with E-state index in [9.17, 15) is 18.0 Å². The molecule has 3 aromatic rings. The van der Waals surface area contributed by atoms with Crippen LogP contribution in [0.2, 0.25) is 0 Å². The Morgan fingerprint density at radius 2 is 1.51 bits per heavy atom. The predicted molar refractivity (Wildman–Crippen MR) is 157 cm³/mol. The Balaban J connectivity index is 2.09. The second kappa shape index (κ2) is 14.4. The van der Waals surface area contributed by atoms with Gasteiger partial charge in [-0.25, -0.2) is 8.42 Å². The number of anilines is 1. The third kappa shape index (κ3) is 7.49. The summed E-state index contributed by atoms with van der Waals surface area (Å²) >= 11 is 0. The lowest BCUT2D eigenvalue weighted by Crippen LogP contribution is -2.52. The molecule has 1 N–H and O–H groups in total. The first kappa shape index (κ1) is 31.3. The molecule has 0 saturated heterocycles. The third-order valence-corrected chi connectivity index (χ3v) is 8.30. The average molecular weight is 584 g/mol. The van der Waals surface area contributed by atoms with E-state index in [1.165, 1.54) is 37.3 Å². The maximum absolute atomic E-state index is 14.1. The van der Waals surface area contributed by atoms with E-state index in [0.29, 0.717) is 30.2 Å². The number of likely N-dealkylation sites (N-methyl/N-ethyl adjacent to an activating group) is 1. The van der Waals surface area contributed by atoms with Crippen LogP contribution in [0.3, 0.4) is 0 Å². The number of carbonyl (C=O) groups excluding carboxylic acids is 2. The van der Waals surface area contributed by atoms with Gasteiger partial charge < -0.3 is 24.4 Å². The molecule has 0 aliphatic rings. The van der Waals surface area contributed by atoms with Gasteiger partial charge in [0.2, 0.25) is 11.8 Å². The molecule has 220 valence electrons. The maximum Gasteiger partial charge on any atom is 0.264 e. The first-order valence-corrected chi connectivity index (χ1v) is 14.6. The standard InChI is InChI=1S/C30H37N3O7S/c1-6-26(30(35)31-7-2)32(20-22-13-16-24(38-3)17-14-22)29(34)21-33(41(36,37)25-11-9-8-10-12-25)23-15-18-27(39-4)28(19-23)40-5/h8-19,26H,6-7,20-21H2,1-5H3,(H,31,35)/t26-/m1/s1. The Morgan fingerprint density at radius 3 is 2.07 bits per heavy atom. The molecule has 0 saturated carbocycles. The first-order valence-electron chi connectivity index (χ1n) is 13.2. The molecular weight excluding hydrogens is 546 g/mol. The summed E-state index contributed by atoms with van der Waals surface area (Å²) in [5.74, 6) is 0.488. The van der Waals surface area contributed by atoms with E-state index in [2.05, 4.69) is 5.32 Å². The quantitative estimate of drug-likeness (QED) is 0.307. The van der Waals surface area contributed by atoms with Gasteiger partial charge >= 0.3 is 0 Å². The highest BCUT2D eigenvalue weighted by molar-refractivity contribution is 7.92. The molecule has 0 aromatic heterocycles. The minimum atomic E-state index is -4.20. The van der Waals surface area contributed by atoms with Gasteiger partial charge in [0.15, 0.2) is 11.5 Å². The van der Waals surface area contributed by atoms with Crippen molar-refractivity contribution in [2.24, 2.45) is 0 Å². The molecule has 0 aliphatic carbocycles. The van der Waals surface area contributed by atoms with Crippen LogP contribution in [-0.4, -0.2) is 65.6 Å². The zero-order chi connectivity index (χ0) is 30.0. The number of nitrogens with one attached hydrogen (secondary N) is 1. The fourth-order valence-electron chi connectivity index (χ4n) is 4.37. The molecule has 0 spiro atoms. The van der Waals surface area contributed by atoms with Gasteiger partial charge in [0.25, 0.3) is 10.0 Å². The Morgan fingerprint density at radius 1 is 0.854 bits per heavy atom. The zero-order valence-electron chi connectivity index (χ0n) is 24.0. The van der Waals surface area contributed by atoms with E-state index in [1.54, 1.807) is 75.6 Å². The summed E-state index contributed by atoms with van der Waals surface area (Å²) in [7, 11) is 0.276. The highest BCUT2D eigenvalue weighted by Gasteiger charge is 2.34. The Kier molecular flexibility index (Phi) is 11.0. The van der Waals surface area contributed by atoms with E-state index in [0.717, 1.165) is 9.87 Å². The predicted octanol–water partition coefficient (Wildman–Crippen LogP) is 3.85. The van der Waals surface area contributed by atoms with Crippen LogP contribution in [-0.2, 0) is 26.2 Å². The molecule has 41 heavy (non-hydrogen) atoms. The van der Waals surface area contributed by atoms with Gasteiger partial charge in [-0.3, -0.25) is 13.9 Å². The number of amides is 2. The number of ether oxygens (including phenoxy) is 3. The van der Waals surface area contributed by atoms with Gasteiger partial charge in [0, 0.05) is 19.2 Å². The number of hydrogen-bond acceptors (Lipinski definition) is 7. The van der Waals surface area contributed by atoms with E-state index in [-0.39, 0.29) is 23.0 Å². The van der Waals surface area contributed by atoms with Gasteiger partial charge in [-0.05, 0) is 55.3 Å². The van der Waals surface area contributed by atoms with Crippen LogP contribution < -0.4 is 23.8 Å². The number of nitrogens with zero attached hydrogens (tertiary/aromatic N) is 2. The number of benzene rings is 3. The van der Waals surface area contributed by atoms with Gasteiger partial charge in [0.1, 0.15) is 18.3 Å². The SMILES string of the molecule is CCNC(=O)[C@@H](CC)N(Cc1ccc(OC)cc1)C(=O)CN(c1ccc(OC)c(OC)c1)S(=O)(=O)c1ccccc1. The minimum absolute atomic E-state index is 0.0139. The summed E-state index contributed by atoms with van der Waals surface area (Å²) in [6.07, 6.45) is 0.329. The van der Waals surface area contributed by atoms with Crippen LogP contribution >= 0.6 is 0 Å². The first-order chi connectivity index (χ1) is 19.7. The number of carbonyl (C=O) groups is 2. The summed E-state index contributed by atoms with van der Waals surface area (Å²) in [6.45, 7) is 3.52. The van der Waals surface area contributed by atoms with E-state index in [1.807, 2.05) is 0 Å². The molecule has 1 atom stereocenters. The lowest BCUT2D eigenvalue weighted by molar-refractivity contribution is -0.140. The molecule has 0 radical (unpaired) electrons. The van der Waals surface area contributed by atoms with Crippen molar-refractivity contribution in [3.63, 3.8) is 0 Å². The number of sulfonamides is 1. The van der Waals surface area contributed by atoms with Crippen LogP contribution in [0.1, 0.15) is 25.8 Å². The summed E-state index contributed by atoms with van der Waals surface area (Å²) in [5, 5.41) is 2.79. The minimum Gasteiger partial charge on any atom is -0.497 e. The highest BCUT2D eigenvalue weighted by Crippen LogP contribution is 2.34. The normalized spacial score (nSPS) is 11.7. The summed E-state index contributed by atoms with van der Waals surface area (Å²) < 4.78 is 44.9. The molecule has 0 heterocycles. The van der Waals surface area contributed by atoms with Crippen molar-refractivity contribution in [1.29, 1.82) is 0 Å². The van der Waals surface area contributed by atoms with Crippen molar-refractivity contribution in [3.05, 3.63) is 78.4 Å². The van der Waals surface area contributed by atoms with Crippen molar-refractivity contribution in [2.45, 2.75) is 37.8 Å². The topological polar surface area (TPSA) is 114 Å². The fraction of sp³-hybridized carbons (Fsp3) is 0.333. The van der Waals surface area contributed by atoms with Crippen molar-refractivity contribution in [1.82, 2.24) is 10.2 Å². The smallest absolute Gasteiger partial charge is 0.264 e. The van der Waals surface area contributed by atoms with E-state index in [4.69, 9.17) is 14.2 Å². The van der Waals surface area contributed by atoms with E-state index >= 15 is 0 Å². The Labute approximate surface area is 241 Å². The van der Waals surface area contributed by atoms with Crippen LogP contribution in [0.25, 0.3) is 0 Å². The average Bonchev–Trinajstić information content (AvgIpc) is 3.00. The van der Waals surface area contributed by atoms with Gasteiger partial charge in [-0.2, -0.15) is 0 Å². The summed E-state index contributed by atoms with van der Waals surface area (Å²) in [4.78, 5) is 28.6. The van der Waals surface area contributed by atoms with E-state index < -0.39 is 28.5 Å². The molecule has 10 nitrogen and oxygen atoms in total. The molecule has 0 aliphatic heterocycles. The number of methoxy groups -OCH3 is 3. The lowest BCUT2D eigenvalue weighted by Gasteiger charge is -2.33. The molecule has 2 amide bonds. The summed E-state index contributed by atoms with van der Waals surface area (Å²) in [6, 6.07) is 18.8. The van der Waals surface area contributed by atoms with Crippen LogP contribution in [0.15, 0.2) is 77.7 Å². The molecule has 0 fully saturated rings. The van der Waals surface area contributed by atoms with Crippen molar-refractivity contribution < 1.29 is 32.2 Å². The molecule has 0 unspecified atom stereocenters. The fourth-order valence-corrected chi connectivity index (χ4v) is 5.79. The highest BCUT2D eigenvalue weighted by atomic mass is 32.2. The summed E-state index contributed by atoms with van der Waals surface area (Å²) in [5.41, 5.74) is 0.959. The van der Waals surface area contributed by atoms with Crippen molar-refractivity contribution >= 4 is 27.5 Å². The Hall–Kier alpha value is -4.25.